The molecule has 5 atom stereocenters. The molecule has 1 spiro atoms. The summed E-state index contributed by atoms with van der Waals surface area (Å²) in [6.45, 7) is 11.3. The maximum atomic E-state index is 14.8. The summed E-state index contributed by atoms with van der Waals surface area (Å²) in [6, 6.07) is 13.9. The highest BCUT2D eigenvalue weighted by molar-refractivity contribution is 6.03. The summed E-state index contributed by atoms with van der Waals surface area (Å²) in [5, 5.41) is 17.8. The van der Waals surface area contributed by atoms with Crippen LogP contribution < -0.4 is 9.64 Å². The lowest BCUT2D eigenvalue weighted by molar-refractivity contribution is -0.149. The Labute approximate surface area is 286 Å². The second-order valence-electron chi connectivity index (χ2n) is 13.0. The number of carbonyl (C=O) groups excluding carboxylic acids is 3. The molecule has 3 aliphatic rings. The number of aliphatic hydroxyl groups excluding tert-OH is 1. The topological polar surface area (TPSA) is 130 Å². The molecule has 3 amide bonds. The molecular weight excluding hydrogens is 624 g/mol. The fraction of sp³-hybridized carbons (Fsp3) is 0.486. The molecule has 12 heteroatoms. The fourth-order valence-electron chi connectivity index (χ4n) is 7.95. The Bertz CT molecular complexity index is 1670. The van der Waals surface area contributed by atoms with Crippen molar-refractivity contribution in [3.63, 3.8) is 0 Å². The monoisotopic (exact) mass is 670 g/mol. The van der Waals surface area contributed by atoms with E-state index in [0.29, 0.717) is 55.8 Å². The van der Waals surface area contributed by atoms with Crippen molar-refractivity contribution in [1.82, 2.24) is 24.8 Å². The number of aliphatic hydroxyl groups is 1. The minimum absolute atomic E-state index is 0.108. The molecule has 3 aliphatic heterocycles. The van der Waals surface area contributed by atoms with E-state index in [1.165, 1.54) is 0 Å². The van der Waals surface area contributed by atoms with Crippen LogP contribution in [0.5, 0.6) is 5.75 Å². The zero-order valence-electron chi connectivity index (χ0n) is 28.2. The number of hydrogen-bond acceptors (Lipinski definition) is 8. The standard InChI is InChI=1S/C37H46N6O6/c1-4-21-40(25-43-29-14-10-9-13-28(29)38-39-43)36(47)33-37-20-19-30(49-37)31(32(37)35(46)42(33)23-11-7-8-12-24-44)34(45)41(22-5-2)26-15-17-27(18-16-26)48-6-3/h4-5,9-10,13-18,30-33,44H,1-2,6-8,11-12,19-25H2,3H3/t30-,31+,32-,33?,37?/m0/s1. The number of likely N-dealkylation sites (tertiary alicyclic amines) is 1. The molecule has 3 saturated heterocycles. The molecule has 49 heavy (non-hydrogen) atoms. The molecule has 4 heterocycles. The molecule has 260 valence electrons. The van der Waals surface area contributed by atoms with Gasteiger partial charge in [0.05, 0.1) is 30.1 Å². The largest absolute Gasteiger partial charge is 0.494 e. The van der Waals surface area contributed by atoms with Crippen LogP contribution in [0.2, 0.25) is 0 Å². The molecule has 1 aromatic heterocycles. The number of carbonyl (C=O) groups is 3. The number of hydrogen-bond donors (Lipinski definition) is 1. The third kappa shape index (κ3) is 6.35. The average Bonchev–Trinajstić information content (AvgIpc) is 3.86. The Kier molecular flexibility index (Phi) is 10.4. The minimum Gasteiger partial charge on any atom is -0.494 e. The minimum atomic E-state index is -1.15. The van der Waals surface area contributed by atoms with Gasteiger partial charge in [0.2, 0.25) is 17.7 Å². The number of benzene rings is 2. The van der Waals surface area contributed by atoms with Gasteiger partial charge in [0.25, 0.3) is 0 Å². The SMILES string of the molecule is C=CCN(Cn1nnc2ccccc21)C(=O)C1N(CCCCCCO)C(=O)[C@@H]2[C@H](C(=O)N(CC=C)c3ccc(OCC)cc3)[C@@H]3CCC12O3. The molecule has 2 unspecified atom stereocenters. The summed E-state index contributed by atoms with van der Waals surface area (Å²) in [5.74, 6) is -1.58. The van der Waals surface area contributed by atoms with Gasteiger partial charge in [0.15, 0.2) is 0 Å². The zero-order valence-corrected chi connectivity index (χ0v) is 28.2. The van der Waals surface area contributed by atoms with Crippen molar-refractivity contribution in [2.24, 2.45) is 11.8 Å². The van der Waals surface area contributed by atoms with Crippen molar-refractivity contribution in [2.75, 3.05) is 37.7 Å². The first kappa shape index (κ1) is 34.3. The first-order valence-electron chi connectivity index (χ1n) is 17.3. The van der Waals surface area contributed by atoms with Gasteiger partial charge in [-0.3, -0.25) is 14.4 Å². The second kappa shape index (κ2) is 14.9. The van der Waals surface area contributed by atoms with Gasteiger partial charge in [-0.25, -0.2) is 4.68 Å². The van der Waals surface area contributed by atoms with Crippen LogP contribution >= 0.6 is 0 Å². The van der Waals surface area contributed by atoms with E-state index >= 15 is 0 Å². The third-order valence-corrected chi connectivity index (χ3v) is 10.0. The first-order valence-corrected chi connectivity index (χ1v) is 17.3. The Morgan fingerprint density at radius 2 is 1.82 bits per heavy atom. The lowest BCUT2D eigenvalue weighted by Crippen LogP contribution is -2.56. The fourth-order valence-corrected chi connectivity index (χ4v) is 7.95. The highest BCUT2D eigenvalue weighted by Crippen LogP contribution is 2.59. The molecule has 12 nitrogen and oxygen atoms in total. The van der Waals surface area contributed by atoms with Gasteiger partial charge in [-0.1, -0.05) is 42.3 Å². The van der Waals surface area contributed by atoms with Gasteiger partial charge in [0.1, 0.15) is 29.6 Å². The van der Waals surface area contributed by atoms with Crippen LogP contribution in [0.15, 0.2) is 73.8 Å². The van der Waals surface area contributed by atoms with Gasteiger partial charge in [-0.2, -0.15) is 0 Å². The van der Waals surface area contributed by atoms with Crippen molar-refractivity contribution >= 4 is 34.4 Å². The van der Waals surface area contributed by atoms with E-state index in [1.807, 2.05) is 55.5 Å². The summed E-state index contributed by atoms with van der Waals surface area (Å²) in [6.07, 6.45) is 6.82. The molecule has 0 saturated carbocycles. The maximum Gasteiger partial charge on any atom is 0.250 e. The first-order chi connectivity index (χ1) is 23.9. The quantitative estimate of drug-likeness (QED) is 0.169. The van der Waals surface area contributed by atoms with E-state index < -0.39 is 29.6 Å². The summed E-state index contributed by atoms with van der Waals surface area (Å²) in [7, 11) is 0. The number of unbranched alkanes of at least 4 members (excludes halogenated alkanes) is 3. The van der Waals surface area contributed by atoms with E-state index in [-0.39, 0.29) is 44.1 Å². The number of rotatable bonds is 17. The van der Waals surface area contributed by atoms with Crippen LogP contribution in [-0.4, -0.2) is 98.2 Å². The maximum absolute atomic E-state index is 14.8. The Balaban J connectivity index is 1.33. The van der Waals surface area contributed by atoms with Crippen LogP contribution in [0.1, 0.15) is 45.4 Å². The van der Waals surface area contributed by atoms with Crippen LogP contribution in [-0.2, 0) is 25.8 Å². The van der Waals surface area contributed by atoms with Crippen molar-refractivity contribution in [3.05, 3.63) is 73.8 Å². The molecule has 3 fully saturated rings. The number of nitrogens with zero attached hydrogens (tertiary/aromatic N) is 6. The van der Waals surface area contributed by atoms with Gasteiger partial charge in [-0.05, 0) is 69.0 Å². The average molecular weight is 671 g/mol. The number of aromatic nitrogens is 3. The van der Waals surface area contributed by atoms with E-state index in [0.717, 1.165) is 18.4 Å². The molecule has 2 bridgehead atoms. The predicted molar refractivity (Wildman–Crippen MR) is 184 cm³/mol. The Morgan fingerprint density at radius 3 is 2.55 bits per heavy atom. The van der Waals surface area contributed by atoms with E-state index in [9.17, 15) is 19.5 Å². The highest BCUT2D eigenvalue weighted by atomic mass is 16.5. The Morgan fingerprint density at radius 1 is 1.06 bits per heavy atom. The van der Waals surface area contributed by atoms with Gasteiger partial charge < -0.3 is 29.3 Å². The lowest BCUT2D eigenvalue weighted by atomic mass is 9.70. The second-order valence-corrected chi connectivity index (χ2v) is 13.0. The van der Waals surface area contributed by atoms with Crippen molar-refractivity contribution in [1.29, 1.82) is 0 Å². The molecule has 2 aromatic carbocycles. The van der Waals surface area contributed by atoms with Crippen LogP contribution in [0, 0.1) is 11.8 Å². The molecular formula is C37H46N6O6. The summed E-state index contributed by atoms with van der Waals surface area (Å²) in [5.41, 5.74) is 1.01. The van der Waals surface area contributed by atoms with Gasteiger partial charge in [0, 0.05) is 31.9 Å². The number of anilines is 1. The Hall–Kier alpha value is -4.55. The van der Waals surface area contributed by atoms with Crippen molar-refractivity contribution in [2.45, 2.75) is 69.9 Å². The normalized spacial score (nSPS) is 23.9. The van der Waals surface area contributed by atoms with E-state index in [1.54, 1.807) is 31.5 Å². The zero-order chi connectivity index (χ0) is 34.5. The van der Waals surface area contributed by atoms with Crippen LogP contribution in [0.3, 0.4) is 0 Å². The number of ether oxygens (including phenoxy) is 2. The molecule has 6 rings (SSSR count). The molecule has 0 aliphatic carbocycles. The summed E-state index contributed by atoms with van der Waals surface area (Å²) >= 11 is 0. The molecule has 0 radical (unpaired) electrons. The van der Waals surface area contributed by atoms with Crippen LogP contribution in [0.4, 0.5) is 5.69 Å². The van der Waals surface area contributed by atoms with Gasteiger partial charge in [-0.15, -0.1) is 18.3 Å². The van der Waals surface area contributed by atoms with Crippen molar-refractivity contribution < 1.29 is 29.0 Å². The number of fused-ring (bicyclic) bond motifs is 2. The lowest BCUT2D eigenvalue weighted by Gasteiger charge is -2.37. The predicted octanol–water partition coefficient (Wildman–Crippen LogP) is 3.95. The highest BCUT2D eigenvalue weighted by Gasteiger charge is 2.74. The van der Waals surface area contributed by atoms with Crippen LogP contribution in [0.25, 0.3) is 11.0 Å². The van der Waals surface area contributed by atoms with Crippen molar-refractivity contribution in [3.8, 4) is 5.75 Å². The molecule has 3 aromatic rings. The summed E-state index contributed by atoms with van der Waals surface area (Å²) < 4.78 is 14.0. The van der Waals surface area contributed by atoms with E-state index in [4.69, 9.17) is 9.47 Å². The van der Waals surface area contributed by atoms with Gasteiger partial charge >= 0.3 is 0 Å². The molecule has 1 N–H and O–H groups in total. The summed E-state index contributed by atoms with van der Waals surface area (Å²) in [4.78, 5) is 48.9. The van der Waals surface area contributed by atoms with E-state index in [2.05, 4.69) is 23.5 Å². The number of para-hydroxylation sites is 1. The smallest absolute Gasteiger partial charge is 0.250 e. The third-order valence-electron chi connectivity index (χ3n) is 10.0. The number of amides is 3.